The standard InChI is InChI=1S/C23H26N4O/c1-17(19-9-11-22(12-10-19)27-16-24-15-25-27)26(2)23(28)14-18-7-8-20-5-3-4-6-21(20)13-18/h7-13,15-17H,3-6,14H2,1-2H3. The van der Waals surface area contributed by atoms with Crippen LogP contribution in [-0.2, 0) is 24.1 Å². The lowest BCUT2D eigenvalue weighted by Crippen LogP contribution is -2.31. The third kappa shape index (κ3) is 3.84. The number of hydrogen-bond acceptors (Lipinski definition) is 3. The Hall–Kier alpha value is -2.95. The average molecular weight is 374 g/mol. The van der Waals surface area contributed by atoms with Crippen LogP contribution in [0, 0.1) is 0 Å². The van der Waals surface area contributed by atoms with Crippen molar-refractivity contribution in [2.45, 2.75) is 45.1 Å². The summed E-state index contributed by atoms with van der Waals surface area (Å²) in [6.07, 6.45) is 8.49. The number of aromatic nitrogens is 3. The lowest BCUT2D eigenvalue weighted by atomic mass is 9.90. The van der Waals surface area contributed by atoms with Crippen LogP contribution in [0.3, 0.4) is 0 Å². The molecule has 0 bridgehead atoms. The number of nitrogens with zero attached hydrogens (tertiary/aromatic N) is 4. The van der Waals surface area contributed by atoms with Crippen LogP contribution < -0.4 is 0 Å². The van der Waals surface area contributed by atoms with E-state index in [1.165, 1.54) is 36.7 Å². The quantitative estimate of drug-likeness (QED) is 0.680. The predicted molar refractivity (Wildman–Crippen MR) is 109 cm³/mol. The Labute approximate surface area is 166 Å². The monoisotopic (exact) mass is 374 g/mol. The fourth-order valence-electron chi connectivity index (χ4n) is 3.88. The molecule has 3 aromatic rings. The minimum absolute atomic E-state index is 0.00919. The Kier molecular flexibility index (Phi) is 5.24. The molecule has 0 fully saturated rings. The van der Waals surface area contributed by atoms with Crippen molar-refractivity contribution in [2.24, 2.45) is 0 Å². The summed E-state index contributed by atoms with van der Waals surface area (Å²) in [5.74, 6) is 0.142. The van der Waals surface area contributed by atoms with Crippen molar-refractivity contribution in [3.05, 3.63) is 77.4 Å². The molecule has 0 aliphatic heterocycles. The second-order valence-electron chi connectivity index (χ2n) is 7.60. The number of aryl methyl sites for hydroxylation is 2. The van der Waals surface area contributed by atoms with Gasteiger partial charge in [-0.25, -0.2) is 9.67 Å². The molecule has 1 heterocycles. The summed E-state index contributed by atoms with van der Waals surface area (Å²) in [4.78, 5) is 18.7. The van der Waals surface area contributed by atoms with E-state index in [9.17, 15) is 4.79 Å². The van der Waals surface area contributed by atoms with E-state index in [0.29, 0.717) is 6.42 Å². The van der Waals surface area contributed by atoms with Gasteiger partial charge in [-0.2, -0.15) is 5.10 Å². The molecule has 1 amide bonds. The van der Waals surface area contributed by atoms with Gasteiger partial charge in [0.2, 0.25) is 5.91 Å². The van der Waals surface area contributed by atoms with E-state index in [4.69, 9.17) is 0 Å². The summed E-state index contributed by atoms with van der Waals surface area (Å²) in [6, 6.07) is 14.7. The topological polar surface area (TPSA) is 51.0 Å². The van der Waals surface area contributed by atoms with Gasteiger partial charge in [-0.1, -0.05) is 30.3 Å². The zero-order valence-electron chi connectivity index (χ0n) is 16.5. The smallest absolute Gasteiger partial charge is 0.227 e. The summed E-state index contributed by atoms with van der Waals surface area (Å²) < 4.78 is 1.72. The minimum Gasteiger partial charge on any atom is -0.339 e. The third-order valence-corrected chi connectivity index (χ3v) is 5.80. The third-order valence-electron chi connectivity index (χ3n) is 5.80. The lowest BCUT2D eigenvalue weighted by molar-refractivity contribution is -0.131. The molecule has 0 spiro atoms. The Morgan fingerprint density at radius 2 is 1.86 bits per heavy atom. The highest BCUT2D eigenvalue weighted by molar-refractivity contribution is 5.79. The van der Waals surface area contributed by atoms with Gasteiger partial charge < -0.3 is 4.90 Å². The van der Waals surface area contributed by atoms with Crippen molar-refractivity contribution >= 4 is 5.91 Å². The molecule has 1 aromatic heterocycles. The molecular formula is C23H26N4O. The average Bonchev–Trinajstić information content (AvgIpc) is 3.27. The van der Waals surface area contributed by atoms with E-state index < -0.39 is 0 Å². The number of carbonyl (C=O) groups is 1. The number of likely N-dealkylation sites (N-methyl/N-ethyl adjacent to an activating group) is 1. The molecule has 0 radical (unpaired) electrons. The first-order valence-corrected chi connectivity index (χ1v) is 9.93. The van der Waals surface area contributed by atoms with Gasteiger partial charge in [0, 0.05) is 7.05 Å². The molecule has 0 N–H and O–H groups in total. The molecule has 4 rings (SSSR count). The molecule has 1 atom stereocenters. The minimum atomic E-state index is 0.00919. The van der Waals surface area contributed by atoms with Gasteiger partial charge in [0.1, 0.15) is 12.7 Å². The largest absolute Gasteiger partial charge is 0.339 e. The number of carbonyl (C=O) groups excluding carboxylic acids is 1. The van der Waals surface area contributed by atoms with Crippen LogP contribution >= 0.6 is 0 Å². The van der Waals surface area contributed by atoms with Crippen molar-refractivity contribution in [1.82, 2.24) is 19.7 Å². The van der Waals surface area contributed by atoms with Crippen LogP contribution in [0.1, 0.15) is 48.1 Å². The molecule has 28 heavy (non-hydrogen) atoms. The highest BCUT2D eigenvalue weighted by Crippen LogP contribution is 2.24. The first-order valence-electron chi connectivity index (χ1n) is 9.93. The fraction of sp³-hybridized carbons (Fsp3) is 0.348. The van der Waals surface area contributed by atoms with Crippen LogP contribution in [-0.4, -0.2) is 32.6 Å². The first-order chi connectivity index (χ1) is 13.6. The second-order valence-corrected chi connectivity index (χ2v) is 7.60. The normalized spacial score (nSPS) is 14.4. The van der Waals surface area contributed by atoms with Gasteiger partial charge in [0.15, 0.2) is 0 Å². The Morgan fingerprint density at radius 1 is 1.11 bits per heavy atom. The Balaban J connectivity index is 1.43. The zero-order valence-corrected chi connectivity index (χ0v) is 16.5. The summed E-state index contributed by atoms with van der Waals surface area (Å²) in [6.45, 7) is 2.06. The Morgan fingerprint density at radius 3 is 2.57 bits per heavy atom. The van der Waals surface area contributed by atoms with E-state index >= 15 is 0 Å². The van der Waals surface area contributed by atoms with Crippen molar-refractivity contribution in [2.75, 3.05) is 7.05 Å². The lowest BCUT2D eigenvalue weighted by Gasteiger charge is -2.26. The molecule has 5 nitrogen and oxygen atoms in total. The van der Waals surface area contributed by atoms with Crippen molar-refractivity contribution < 1.29 is 4.79 Å². The maximum absolute atomic E-state index is 12.9. The number of amides is 1. The maximum Gasteiger partial charge on any atom is 0.227 e. The van der Waals surface area contributed by atoms with E-state index in [0.717, 1.165) is 23.2 Å². The molecule has 0 saturated heterocycles. The zero-order chi connectivity index (χ0) is 19.5. The van der Waals surface area contributed by atoms with Gasteiger partial charge in [-0.15, -0.1) is 0 Å². The van der Waals surface area contributed by atoms with E-state index in [1.54, 1.807) is 11.0 Å². The van der Waals surface area contributed by atoms with Gasteiger partial charge in [-0.05, 0) is 67.0 Å². The van der Waals surface area contributed by atoms with Crippen LogP contribution in [0.25, 0.3) is 5.69 Å². The molecular weight excluding hydrogens is 348 g/mol. The number of rotatable bonds is 5. The highest BCUT2D eigenvalue weighted by Gasteiger charge is 2.19. The molecule has 1 aliphatic carbocycles. The van der Waals surface area contributed by atoms with Crippen LogP contribution in [0.5, 0.6) is 0 Å². The number of fused-ring (bicyclic) bond motifs is 1. The number of benzene rings is 2. The van der Waals surface area contributed by atoms with Crippen molar-refractivity contribution in [1.29, 1.82) is 0 Å². The summed E-state index contributed by atoms with van der Waals surface area (Å²) >= 11 is 0. The molecule has 1 aliphatic rings. The van der Waals surface area contributed by atoms with Crippen LogP contribution in [0.2, 0.25) is 0 Å². The molecule has 0 saturated carbocycles. The highest BCUT2D eigenvalue weighted by atomic mass is 16.2. The van der Waals surface area contributed by atoms with Crippen LogP contribution in [0.15, 0.2) is 55.1 Å². The van der Waals surface area contributed by atoms with Crippen molar-refractivity contribution in [3.63, 3.8) is 0 Å². The number of hydrogen-bond donors (Lipinski definition) is 0. The van der Waals surface area contributed by atoms with E-state index in [2.05, 4.69) is 35.2 Å². The van der Waals surface area contributed by atoms with Gasteiger partial charge in [0.05, 0.1) is 18.2 Å². The second kappa shape index (κ2) is 7.97. The van der Waals surface area contributed by atoms with Crippen LogP contribution in [0.4, 0.5) is 0 Å². The first kappa shape index (κ1) is 18.4. The fourth-order valence-corrected chi connectivity index (χ4v) is 3.88. The SMILES string of the molecule is CC(c1ccc(-n2cncn2)cc1)N(C)C(=O)Cc1ccc2c(c1)CCCC2. The molecule has 2 aromatic carbocycles. The molecule has 5 heteroatoms. The van der Waals surface area contributed by atoms with Gasteiger partial charge >= 0.3 is 0 Å². The summed E-state index contributed by atoms with van der Waals surface area (Å²) in [5, 5.41) is 4.14. The summed E-state index contributed by atoms with van der Waals surface area (Å²) in [5.41, 5.74) is 6.06. The Bertz CT molecular complexity index is 947. The van der Waals surface area contributed by atoms with E-state index in [-0.39, 0.29) is 11.9 Å². The maximum atomic E-state index is 12.9. The van der Waals surface area contributed by atoms with Gasteiger partial charge in [-0.3, -0.25) is 4.79 Å². The van der Waals surface area contributed by atoms with Gasteiger partial charge in [0.25, 0.3) is 0 Å². The predicted octanol–water partition coefficient (Wildman–Crippen LogP) is 3.91. The summed E-state index contributed by atoms with van der Waals surface area (Å²) in [7, 11) is 1.89. The molecule has 144 valence electrons. The van der Waals surface area contributed by atoms with E-state index in [1.807, 2.05) is 36.2 Å². The van der Waals surface area contributed by atoms with Crippen molar-refractivity contribution in [3.8, 4) is 5.69 Å². The molecule has 1 unspecified atom stereocenters.